The first-order valence-corrected chi connectivity index (χ1v) is 8.04. The molecule has 1 heterocycles. The second-order valence-corrected chi connectivity index (χ2v) is 6.31. The van der Waals surface area contributed by atoms with Crippen LogP contribution in [0, 0.1) is 0 Å². The molecule has 0 amide bonds. The van der Waals surface area contributed by atoms with E-state index in [1.807, 2.05) is 4.68 Å². The zero-order valence-corrected chi connectivity index (χ0v) is 12.4. The van der Waals surface area contributed by atoms with E-state index in [2.05, 4.69) is 27.3 Å². The Morgan fingerprint density at radius 2 is 1.95 bits per heavy atom. The van der Waals surface area contributed by atoms with Gasteiger partial charge in [0.15, 0.2) is 5.82 Å². The first-order valence-electron chi connectivity index (χ1n) is 8.04. The van der Waals surface area contributed by atoms with Crippen molar-refractivity contribution < 1.29 is 0 Å². The van der Waals surface area contributed by atoms with Crippen LogP contribution in [-0.2, 0) is 6.54 Å². The lowest BCUT2D eigenvalue weighted by molar-refractivity contribution is 0.136. The average molecular weight is 278 g/mol. The molecule has 2 aliphatic rings. The summed E-state index contributed by atoms with van der Waals surface area (Å²) in [7, 11) is 0. The molecule has 2 fully saturated rings. The number of nitrogens with two attached hydrogens (primary N) is 1. The highest BCUT2D eigenvalue weighted by molar-refractivity contribution is 4.92. The van der Waals surface area contributed by atoms with Crippen molar-refractivity contribution in [3.8, 4) is 0 Å². The monoisotopic (exact) mass is 278 g/mol. The predicted octanol–water partition coefficient (Wildman–Crippen LogP) is 1.49. The van der Waals surface area contributed by atoms with Gasteiger partial charge in [0.25, 0.3) is 0 Å². The van der Waals surface area contributed by atoms with Gasteiger partial charge in [-0.25, -0.2) is 4.68 Å². The molecule has 6 nitrogen and oxygen atoms in total. The van der Waals surface area contributed by atoms with Gasteiger partial charge >= 0.3 is 0 Å². The maximum absolute atomic E-state index is 6.02. The van der Waals surface area contributed by atoms with E-state index in [4.69, 9.17) is 5.73 Å². The van der Waals surface area contributed by atoms with E-state index in [1.54, 1.807) is 0 Å². The number of tetrazole rings is 1. The van der Waals surface area contributed by atoms with E-state index in [1.165, 1.54) is 32.1 Å². The molecule has 0 aromatic carbocycles. The van der Waals surface area contributed by atoms with Gasteiger partial charge in [0.1, 0.15) is 0 Å². The molecule has 2 aliphatic carbocycles. The van der Waals surface area contributed by atoms with Crippen LogP contribution in [0.15, 0.2) is 0 Å². The summed E-state index contributed by atoms with van der Waals surface area (Å²) in [6.07, 6.45) is 8.36. The molecule has 0 radical (unpaired) electrons. The minimum absolute atomic E-state index is 0.409. The molecule has 3 rings (SSSR count). The highest BCUT2D eigenvalue weighted by atomic mass is 15.6. The normalized spacial score (nSPS) is 27.1. The molecule has 0 bridgehead atoms. The Hall–Kier alpha value is -1.01. The molecule has 1 aromatic heterocycles. The third-order valence-corrected chi connectivity index (χ3v) is 4.57. The van der Waals surface area contributed by atoms with Crippen LogP contribution < -0.4 is 5.73 Å². The van der Waals surface area contributed by atoms with Crippen LogP contribution in [0.25, 0.3) is 0 Å². The summed E-state index contributed by atoms with van der Waals surface area (Å²) in [5, 5.41) is 12.3. The molecule has 0 spiro atoms. The summed E-state index contributed by atoms with van der Waals surface area (Å²) in [6.45, 7) is 4.25. The second-order valence-electron chi connectivity index (χ2n) is 6.31. The minimum Gasteiger partial charge on any atom is -0.328 e. The van der Waals surface area contributed by atoms with Crippen molar-refractivity contribution in [3.63, 3.8) is 0 Å². The summed E-state index contributed by atoms with van der Waals surface area (Å²) in [5.41, 5.74) is 6.02. The van der Waals surface area contributed by atoms with Crippen LogP contribution >= 0.6 is 0 Å². The van der Waals surface area contributed by atoms with Gasteiger partial charge in [0.2, 0.25) is 0 Å². The Morgan fingerprint density at radius 3 is 2.60 bits per heavy atom. The zero-order valence-electron chi connectivity index (χ0n) is 12.4. The van der Waals surface area contributed by atoms with Gasteiger partial charge in [0, 0.05) is 12.1 Å². The summed E-state index contributed by atoms with van der Waals surface area (Å²) in [6, 6.07) is 1.62. The van der Waals surface area contributed by atoms with E-state index in [9.17, 15) is 0 Å². The van der Waals surface area contributed by atoms with Gasteiger partial charge < -0.3 is 5.73 Å². The van der Waals surface area contributed by atoms with Gasteiger partial charge in [-0.1, -0.05) is 6.92 Å². The smallest absolute Gasteiger partial charge is 0.165 e. The van der Waals surface area contributed by atoms with Crippen LogP contribution in [0.5, 0.6) is 0 Å². The van der Waals surface area contributed by atoms with E-state index >= 15 is 0 Å². The van der Waals surface area contributed by atoms with Crippen molar-refractivity contribution in [2.45, 2.75) is 76.5 Å². The first kappa shape index (κ1) is 13.9. The fourth-order valence-electron chi connectivity index (χ4n) is 3.25. The molecule has 1 aromatic rings. The second kappa shape index (κ2) is 6.18. The molecular weight excluding hydrogens is 252 g/mol. The van der Waals surface area contributed by atoms with E-state index < -0.39 is 0 Å². The van der Waals surface area contributed by atoms with Crippen LogP contribution in [0.2, 0.25) is 0 Å². The molecular formula is C14H26N6. The minimum atomic E-state index is 0.409. The number of hydrogen-bond donors (Lipinski definition) is 1. The summed E-state index contributed by atoms with van der Waals surface area (Å²) >= 11 is 0. The topological polar surface area (TPSA) is 72.9 Å². The van der Waals surface area contributed by atoms with E-state index in [0.717, 1.165) is 31.8 Å². The fourth-order valence-corrected chi connectivity index (χ4v) is 3.25. The van der Waals surface area contributed by atoms with Crippen molar-refractivity contribution >= 4 is 0 Å². The quantitative estimate of drug-likeness (QED) is 0.853. The van der Waals surface area contributed by atoms with Crippen LogP contribution in [0.3, 0.4) is 0 Å². The molecule has 2 saturated carbocycles. The average Bonchev–Trinajstić information content (AvgIpc) is 3.19. The standard InChI is InChI=1S/C14H26N6/c1-2-9-19(12-5-3-11(15)4-6-12)10-14-16-17-18-20(14)13-7-8-13/h11-13H,2-10,15H2,1H3. The van der Waals surface area contributed by atoms with Gasteiger partial charge in [0.05, 0.1) is 12.6 Å². The number of aromatic nitrogens is 4. The molecule has 0 aliphatic heterocycles. The van der Waals surface area contributed by atoms with Gasteiger partial charge in [-0.05, 0) is 61.9 Å². The van der Waals surface area contributed by atoms with E-state index in [-0.39, 0.29) is 0 Å². The number of nitrogens with zero attached hydrogens (tertiary/aromatic N) is 5. The van der Waals surface area contributed by atoms with Crippen molar-refractivity contribution in [3.05, 3.63) is 5.82 Å². The molecule has 20 heavy (non-hydrogen) atoms. The van der Waals surface area contributed by atoms with Gasteiger partial charge in [-0.15, -0.1) is 5.10 Å². The summed E-state index contributed by atoms with van der Waals surface area (Å²) < 4.78 is 2.04. The van der Waals surface area contributed by atoms with Crippen molar-refractivity contribution in [1.29, 1.82) is 0 Å². The first-order chi connectivity index (χ1) is 9.78. The van der Waals surface area contributed by atoms with Gasteiger partial charge in [-0.3, -0.25) is 4.90 Å². The molecule has 0 atom stereocenters. The van der Waals surface area contributed by atoms with E-state index in [0.29, 0.717) is 18.1 Å². The SMILES string of the molecule is CCCN(Cc1nnnn1C1CC1)C1CCC(N)CC1. The highest BCUT2D eigenvalue weighted by Gasteiger charge is 2.30. The highest BCUT2D eigenvalue weighted by Crippen LogP contribution is 2.34. The fraction of sp³-hybridized carbons (Fsp3) is 0.929. The molecule has 0 unspecified atom stereocenters. The van der Waals surface area contributed by atoms with Crippen molar-refractivity contribution in [1.82, 2.24) is 25.1 Å². The van der Waals surface area contributed by atoms with Crippen LogP contribution in [-0.4, -0.2) is 43.7 Å². The maximum Gasteiger partial charge on any atom is 0.165 e. The third-order valence-electron chi connectivity index (χ3n) is 4.57. The summed E-state index contributed by atoms with van der Waals surface area (Å²) in [5.74, 6) is 1.04. The Balaban J connectivity index is 1.65. The lowest BCUT2D eigenvalue weighted by atomic mass is 9.90. The van der Waals surface area contributed by atoms with Crippen LogP contribution in [0.4, 0.5) is 0 Å². The zero-order chi connectivity index (χ0) is 13.9. The predicted molar refractivity (Wildman–Crippen MR) is 77.0 cm³/mol. The molecule has 0 saturated heterocycles. The van der Waals surface area contributed by atoms with Gasteiger partial charge in [-0.2, -0.15) is 0 Å². The van der Waals surface area contributed by atoms with Crippen molar-refractivity contribution in [2.24, 2.45) is 5.73 Å². The van der Waals surface area contributed by atoms with Crippen LogP contribution in [0.1, 0.15) is 63.7 Å². The van der Waals surface area contributed by atoms with Crippen molar-refractivity contribution in [2.75, 3.05) is 6.54 Å². The Labute approximate surface area is 120 Å². The molecule has 6 heteroatoms. The number of rotatable bonds is 6. The molecule has 2 N–H and O–H groups in total. The lowest BCUT2D eigenvalue weighted by Crippen LogP contribution is -2.41. The lowest BCUT2D eigenvalue weighted by Gasteiger charge is -2.35. The Bertz CT molecular complexity index is 419. The maximum atomic E-state index is 6.02. The third kappa shape index (κ3) is 3.17. The Morgan fingerprint density at radius 1 is 1.20 bits per heavy atom. The summed E-state index contributed by atoms with van der Waals surface area (Å²) in [4.78, 5) is 2.57. The molecule has 112 valence electrons. The largest absolute Gasteiger partial charge is 0.328 e. The Kier molecular flexibility index (Phi) is 4.31. The number of hydrogen-bond acceptors (Lipinski definition) is 5.